The van der Waals surface area contributed by atoms with E-state index in [0.717, 1.165) is 4.57 Å². The minimum atomic E-state index is -1.47. The fourth-order valence-corrected chi connectivity index (χ4v) is 2.43. The molecule has 0 radical (unpaired) electrons. The predicted octanol–water partition coefficient (Wildman–Crippen LogP) is 1.45. The molecule has 0 aromatic carbocycles. The van der Waals surface area contributed by atoms with Gasteiger partial charge in [-0.05, 0) is 12.5 Å². The van der Waals surface area contributed by atoms with Crippen molar-refractivity contribution in [3.63, 3.8) is 0 Å². The number of nitrogen functional groups attached to an aromatic ring is 1. The van der Waals surface area contributed by atoms with Gasteiger partial charge in [-0.2, -0.15) is 4.98 Å². The average Bonchev–Trinajstić information content (AvgIpc) is 2.64. The first-order valence-corrected chi connectivity index (χ1v) is 6.17. The molecule has 0 spiro atoms. The summed E-state index contributed by atoms with van der Waals surface area (Å²) in [5, 5.41) is 0. The van der Waals surface area contributed by atoms with Crippen molar-refractivity contribution in [3.8, 4) is 0 Å². The highest BCUT2D eigenvalue weighted by Crippen LogP contribution is 2.44. The number of nitrogens with zero attached hydrogens (tertiary/aromatic N) is 2. The Hall–Kier alpha value is -1.50. The van der Waals surface area contributed by atoms with Crippen molar-refractivity contribution in [2.24, 2.45) is 5.92 Å². The molecule has 2 heterocycles. The van der Waals surface area contributed by atoms with E-state index in [1.165, 1.54) is 12.3 Å². The summed E-state index contributed by atoms with van der Waals surface area (Å²) in [4.78, 5) is 15.2. The van der Waals surface area contributed by atoms with Crippen LogP contribution in [0.3, 0.4) is 0 Å². The minimum Gasteiger partial charge on any atom is -0.383 e. The molecule has 106 valence electrons. The van der Waals surface area contributed by atoms with E-state index in [4.69, 9.17) is 10.5 Å². The molecule has 0 aliphatic carbocycles. The molecular formula is C12H17F2N3O2. The van der Waals surface area contributed by atoms with Crippen molar-refractivity contribution in [3.05, 3.63) is 22.7 Å². The fourth-order valence-electron chi connectivity index (χ4n) is 2.43. The maximum Gasteiger partial charge on any atom is 0.351 e. The maximum absolute atomic E-state index is 14.3. The third-order valence-electron chi connectivity index (χ3n) is 3.89. The first kappa shape index (κ1) is 13.9. The van der Waals surface area contributed by atoms with E-state index in [0.29, 0.717) is 6.42 Å². The van der Waals surface area contributed by atoms with Crippen molar-refractivity contribution in [2.75, 3.05) is 12.4 Å². The zero-order valence-electron chi connectivity index (χ0n) is 10.8. The summed E-state index contributed by atoms with van der Waals surface area (Å²) in [7, 11) is 0. The van der Waals surface area contributed by atoms with Crippen molar-refractivity contribution in [2.45, 2.75) is 38.3 Å². The molecular weight excluding hydrogens is 256 g/mol. The first-order chi connectivity index (χ1) is 8.95. The van der Waals surface area contributed by atoms with E-state index in [1.54, 1.807) is 13.8 Å². The van der Waals surface area contributed by atoms with Crippen LogP contribution in [-0.2, 0) is 4.74 Å². The van der Waals surface area contributed by atoms with Crippen LogP contribution in [-0.4, -0.2) is 28.0 Å². The van der Waals surface area contributed by atoms with Crippen LogP contribution in [0.15, 0.2) is 17.1 Å². The second-order valence-electron chi connectivity index (χ2n) is 4.84. The summed E-state index contributed by atoms with van der Waals surface area (Å²) >= 11 is 0. The van der Waals surface area contributed by atoms with E-state index in [1.807, 2.05) is 0 Å². The summed E-state index contributed by atoms with van der Waals surface area (Å²) in [6.45, 7) is 2.53. The van der Waals surface area contributed by atoms with Crippen molar-refractivity contribution < 1.29 is 13.5 Å². The zero-order valence-corrected chi connectivity index (χ0v) is 10.8. The molecule has 0 amide bonds. The predicted molar refractivity (Wildman–Crippen MR) is 66.1 cm³/mol. The number of aromatic nitrogens is 2. The second-order valence-corrected chi connectivity index (χ2v) is 4.84. The second kappa shape index (κ2) is 4.88. The molecule has 2 rings (SSSR count). The van der Waals surface area contributed by atoms with Gasteiger partial charge in [0.1, 0.15) is 18.1 Å². The van der Waals surface area contributed by atoms with Gasteiger partial charge in [0.05, 0.1) is 0 Å². The number of ether oxygens (including phenoxy) is 1. The average molecular weight is 273 g/mol. The summed E-state index contributed by atoms with van der Waals surface area (Å²) in [5.41, 5.74) is 3.48. The number of hydrogen-bond donors (Lipinski definition) is 1. The van der Waals surface area contributed by atoms with E-state index < -0.39 is 36.3 Å². The minimum absolute atomic E-state index is 0.0509. The van der Waals surface area contributed by atoms with Gasteiger partial charge in [0, 0.05) is 12.1 Å². The molecule has 1 aromatic rings. The lowest BCUT2D eigenvalue weighted by Gasteiger charge is -2.28. The first-order valence-electron chi connectivity index (χ1n) is 6.17. The number of rotatable bonds is 3. The van der Waals surface area contributed by atoms with Crippen molar-refractivity contribution in [1.29, 1.82) is 0 Å². The molecule has 7 heteroatoms. The Bertz CT molecular complexity index is 516. The number of anilines is 1. The van der Waals surface area contributed by atoms with Crippen molar-refractivity contribution >= 4 is 5.82 Å². The van der Waals surface area contributed by atoms with Gasteiger partial charge in [-0.25, -0.2) is 13.6 Å². The summed E-state index contributed by atoms with van der Waals surface area (Å²) in [6.07, 6.45) is -0.984. The van der Waals surface area contributed by atoms with E-state index in [-0.39, 0.29) is 5.82 Å². The number of halogens is 2. The van der Waals surface area contributed by atoms with E-state index in [9.17, 15) is 13.6 Å². The van der Waals surface area contributed by atoms with Gasteiger partial charge in [0.2, 0.25) is 0 Å². The van der Waals surface area contributed by atoms with Crippen LogP contribution in [0.1, 0.15) is 26.5 Å². The van der Waals surface area contributed by atoms with Gasteiger partial charge in [0.15, 0.2) is 12.4 Å². The molecule has 2 N–H and O–H groups in total. The molecule has 1 aliphatic heterocycles. The highest BCUT2D eigenvalue weighted by Gasteiger charge is 2.53. The Balaban J connectivity index is 2.39. The Kier molecular flexibility index (Phi) is 3.58. The molecule has 0 bridgehead atoms. The van der Waals surface area contributed by atoms with Crippen LogP contribution in [0, 0.1) is 5.92 Å². The van der Waals surface area contributed by atoms with Gasteiger partial charge in [0.25, 0.3) is 0 Å². The third-order valence-corrected chi connectivity index (χ3v) is 3.89. The largest absolute Gasteiger partial charge is 0.383 e. The molecule has 5 nitrogen and oxygen atoms in total. The quantitative estimate of drug-likeness (QED) is 0.904. The standard InChI is InChI=1S/C12H17F2N3O2/c1-3-12(6-13)7(2)9(14)10(19-12)17-5-4-8(15)16-11(17)18/h4-5,7,9-10H,3,6H2,1-2H3,(H2,15,16,18)/t7-,9+,10+,12-/m0/s1. The smallest absolute Gasteiger partial charge is 0.351 e. The monoisotopic (exact) mass is 273 g/mol. The molecule has 1 aromatic heterocycles. The molecule has 0 unspecified atom stereocenters. The summed E-state index contributed by atoms with van der Waals surface area (Å²) in [6, 6.07) is 1.38. The molecule has 1 aliphatic rings. The third kappa shape index (κ3) is 2.11. The number of alkyl halides is 2. The Labute approximate surface area is 109 Å². The number of hydrogen-bond acceptors (Lipinski definition) is 4. The summed E-state index contributed by atoms with van der Waals surface area (Å²) in [5.74, 6) is -0.591. The number of nitrogens with two attached hydrogens (primary N) is 1. The lowest BCUT2D eigenvalue weighted by Crippen LogP contribution is -2.37. The van der Waals surface area contributed by atoms with Crippen LogP contribution in [0.25, 0.3) is 0 Å². The van der Waals surface area contributed by atoms with Crippen molar-refractivity contribution in [1.82, 2.24) is 9.55 Å². The van der Waals surface area contributed by atoms with Crippen LogP contribution in [0.4, 0.5) is 14.6 Å². The molecule has 1 fully saturated rings. The molecule has 4 atom stereocenters. The Morgan fingerprint density at radius 1 is 1.63 bits per heavy atom. The summed E-state index contributed by atoms with van der Waals surface area (Å²) < 4.78 is 34.1. The Morgan fingerprint density at radius 3 is 2.79 bits per heavy atom. The Morgan fingerprint density at radius 2 is 2.32 bits per heavy atom. The zero-order chi connectivity index (χ0) is 14.2. The fraction of sp³-hybridized carbons (Fsp3) is 0.667. The van der Waals surface area contributed by atoms with Gasteiger partial charge < -0.3 is 10.5 Å². The molecule has 0 saturated carbocycles. The van der Waals surface area contributed by atoms with E-state index >= 15 is 0 Å². The highest BCUT2D eigenvalue weighted by atomic mass is 19.1. The van der Waals surface area contributed by atoms with E-state index in [2.05, 4.69) is 4.98 Å². The van der Waals surface area contributed by atoms with Gasteiger partial charge in [-0.3, -0.25) is 4.57 Å². The molecule has 1 saturated heterocycles. The molecule has 19 heavy (non-hydrogen) atoms. The SMILES string of the molecule is CC[C@@]1(CF)O[C@@H](n2ccc(N)nc2=O)[C@H](F)[C@@H]1C. The highest BCUT2D eigenvalue weighted by molar-refractivity contribution is 5.23. The normalized spacial score (nSPS) is 34.6. The van der Waals surface area contributed by atoms with Crippen LogP contribution < -0.4 is 11.4 Å². The lowest BCUT2D eigenvalue weighted by molar-refractivity contribution is -0.102. The van der Waals surface area contributed by atoms with Crippen LogP contribution >= 0.6 is 0 Å². The van der Waals surface area contributed by atoms with Gasteiger partial charge in [-0.1, -0.05) is 13.8 Å². The van der Waals surface area contributed by atoms with Crippen LogP contribution in [0.5, 0.6) is 0 Å². The topological polar surface area (TPSA) is 70.1 Å². The maximum atomic E-state index is 14.3. The van der Waals surface area contributed by atoms with Crippen LogP contribution in [0.2, 0.25) is 0 Å². The lowest BCUT2D eigenvalue weighted by atomic mass is 9.86. The van der Waals surface area contributed by atoms with Gasteiger partial charge in [-0.15, -0.1) is 0 Å². The van der Waals surface area contributed by atoms with Gasteiger partial charge >= 0.3 is 5.69 Å².